The predicted octanol–water partition coefficient (Wildman–Crippen LogP) is 3.84. The Morgan fingerprint density at radius 2 is 1.60 bits per heavy atom. The number of hydrogen-bond donors (Lipinski definition) is 1. The number of nitrogens with one attached hydrogen (secondary N) is 1. The highest BCUT2D eigenvalue weighted by Gasteiger charge is 2.37. The predicted molar refractivity (Wildman–Crippen MR) is 68.0 cm³/mol. The molecule has 1 aliphatic carbocycles. The maximum absolute atomic E-state index is 3.41. The van der Waals surface area contributed by atoms with Crippen molar-refractivity contribution in [2.24, 2.45) is 17.3 Å². The average molecular weight is 211 g/mol. The van der Waals surface area contributed by atoms with Crippen LogP contribution in [0.25, 0.3) is 0 Å². The molecule has 2 atom stereocenters. The lowest BCUT2D eigenvalue weighted by molar-refractivity contribution is 0.0738. The van der Waals surface area contributed by atoms with Gasteiger partial charge in [-0.05, 0) is 44.1 Å². The molecule has 1 saturated carbocycles. The Morgan fingerprint density at radius 3 is 2.07 bits per heavy atom. The van der Waals surface area contributed by atoms with Crippen molar-refractivity contribution in [3.05, 3.63) is 0 Å². The maximum atomic E-state index is 3.41. The van der Waals surface area contributed by atoms with Gasteiger partial charge in [0, 0.05) is 6.04 Å². The summed E-state index contributed by atoms with van der Waals surface area (Å²) in [6.07, 6.45) is 7.27. The van der Waals surface area contributed by atoms with Crippen molar-refractivity contribution >= 4 is 0 Å². The Kier molecular flexibility index (Phi) is 4.64. The lowest BCUT2D eigenvalue weighted by Gasteiger charge is -2.44. The van der Waals surface area contributed by atoms with Crippen LogP contribution in [0.1, 0.15) is 59.8 Å². The van der Waals surface area contributed by atoms with Crippen LogP contribution in [0.4, 0.5) is 0 Å². The SMILES string of the molecule is CNC(C)C(C)C(C)(C)C1CCCCC1. The Morgan fingerprint density at radius 1 is 1.07 bits per heavy atom. The van der Waals surface area contributed by atoms with Crippen LogP contribution in [0, 0.1) is 17.3 Å². The summed E-state index contributed by atoms with van der Waals surface area (Å²) in [7, 11) is 2.08. The molecule has 0 aromatic heterocycles. The zero-order valence-electron chi connectivity index (χ0n) is 11.3. The summed E-state index contributed by atoms with van der Waals surface area (Å²) < 4.78 is 0. The maximum Gasteiger partial charge on any atom is 0.00665 e. The molecule has 90 valence electrons. The molecule has 0 saturated heterocycles. The van der Waals surface area contributed by atoms with Gasteiger partial charge in [0.25, 0.3) is 0 Å². The highest BCUT2D eigenvalue weighted by molar-refractivity contribution is 4.88. The molecular weight excluding hydrogens is 182 g/mol. The van der Waals surface area contributed by atoms with E-state index in [-0.39, 0.29) is 0 Å². The van der Waals surface area contributed by atoms with Gasteiger partial charge in [0.15, 0.2) is 0 Å². The molecule has 1 fully saturated rings. The van der Waals surface area contributed by atoms with Gasteiger partial charge in [-0.1, -0.05) is 40.0 Å². The average Bonchev–Trinajstić information content (AvgIpc) is 2.28. The van der Waals surface area contributed by atoms with Crippen LogP contribution in [0.5, 0.6) is 0 Å². The van der Waals surface area contributed by atoms with E-state index in [2.05, 4.69) is 40.1 Å². The molecular formula is C14H29N. The third-order valence-electron chi connectivity index (χ3n) is 5.04. The minimum Gasteiger partial charge on any atom is -0.317 e. The van der Waals surface area contributed by atoms with Crippen LogP contribution in [-0.4, -0.2) is 13.1 Å². The molecule has 0 radical (unpaired) electrons. The van der Waals surface area contributed by atoms with Gasteiger partial charge in [-0.3, -0.25) is 0 Å². The molecule has 0 amide bonds. The van der Waals surface area contributed by atoms with E-state index in [1.807, 2.05) is 0 Å². The summed E-state index contributed by atoms with van der Waals surface area (Å²) in [5.41, 5.74) is 0.489. The standard InChI is InChI=1S/C14H29N/c1-11(12(2)15-5)14(3,4)13-9-7-6-8-10-13/h11-13,15H,6-10H2,1-5H3. The van der Waals surface area contributed by atoms with E-state index in [1.54, 1.807) is 0 Å². The second kappa shape index (κ2) is 5.34. The second-order valence-corrected chi connectivity index (χ2v) is 6.02. The molecule has 2 unspecified atom stereocenters. The molecule has 1 N–H and O–H groups in total. The Bertz CT molecular complexity index is 176. The summed E-state index contributed by atoms with van der Waals surface area (Å²) in [6.45, 7) is 9.67. The lowest BCUT2D eigenvalue weighted by atomic mass is 9.63. The molecule has 0 heterocycles. The summed E-state index contributed by atoms with van der Waals surface area (Å²) in [5, 5.41) is 3.41. The summed E-state index contributed by atoms with van der Waals surface area (Å²) >= 11 is 0. The number of hydrogen-bond acceptors (Lipinski definition) is 1. The summed E-state index contributed by atoms with van der Waals surface area (Å²) in [4.78, 5) is 0. The molecule has 1 nitrogen and oxygen atoms in total. The zero-order chi connectivity index (χ0) is 11.5. The van der Waals surface area contributed by atoms with E-state index in [0.29, 0.717) is 11.5 Å². The first-order valence-electron chi connectivity index (χ1n) is 6.67. The van der Waals surface area contributed by atoms with E-state index < -0.39 is 0 Å². The van der Waals surface area contributed by atoms with Crippen LogP contribution in [0.3, 0.4) is 0 Å². The first-order valence-corrected chi connectivity index (χ1v) is 6.67. The molecule has 0 aromatic carbocycles. The van der Waals surface area contributed by atoms with Crippen molar-refractivity contribution in [3.8, 4) is 0 Å². The monoisotopic (exact) mass is 211 g/mol. The van der Waals surface area contributed by atoms with Crippen LogP contribution < -0.4 is 5.32 Å². The highest BCUT2D eigenvalue weighted by atomic mass is 14.9. The molecule has 1 aliphatic rings. The Balaban J connectivity index is 2.62. The molecule has 1 heteroatoms. The summed E-state index contributed by atoms with van der Waals surface area (Å²) in [6, 6.07) is 0.627. The third kappa shape index (κ3) is 2.96. The fraction of sp³-hybridized carbons (Fsp3) is 1.00. The smallest absolute Gasteiger partial charge is 0.00665 e. The van der Waals surface area contributed by atoms with Crippen molar-refractivity contribution < 1.29 is 0 Å². The minimum atomic E-state index is 0.489. The quantitative estimate of drug-likeness (QED) is 0.745. The third-order valence-corrected chi connectivity index (χ3v) is 5.04. The summed E-state index contributed by atoms with van der Waals surface area (Å²) in [5.74, 6) is 1.70. The van der Waals surface area contributed by atoms with Crippen molar-refractivity contribution in [1.82, 2.24) is 5.32 Å². The molecule has 0 aromatic rings. The van der Waals surface area contributed by atoms with Crippen LogP contribution in [0.2, 0.25) is 0 Å². The Hall–Kier alpha value is -0.0400. The Labute approximate surface area is 96.0 Å². The second-order valence-electron chi connectivity index (χ2n) is 6.02. The molecule has 0 spiro atoms. The van der Waals surface area contributed by atoms with Gasteiger partial charge in [0.05, 0.1) is 0 Å². The topological polar surface area (TPSA) is 12.0 Å². The van der Waals surface area contributed by atoms with Crippen LogP contribution >= 0.6 is 0 Å². The van der Waals surface area contributed by atoms with Crippen molar-refractivity contribution in [2.45, 2.75) is 65.8 Å². The van der Waals surface area contributed by atoms with E-state index in [9.17, 15) is 0 Å². The lowest BCUT2D eigenvalue weighted by Crippen LogP contribution is -2.42. The van der Waals surface area contributed by atoms with Gasteiger partial charge in [-0.25, -0.2) is 0 Å². The number of rotatable bonds is 4. The van der Waals surface area contributed by atoms with Crippen molar-refractivity contribution in [1.29, 1.82) is 0 Å². The fourth-order valence-electron chi connectivity index (χ4n) is 3.11. The molecule has 15 heavy (non-hydrogen) atoms. The molecule has 0 bridgehead atoms. The van der Waals surface area contributed by atoms with Gasteiger partial charge in [-0.2, -0.15) is 0 Å². The van der Waals surface area contributed by atoms with E-state index in [0.717, 1.165) is 11.8 Å². The zero-order valence-corrected chi connectivity index (χ0v) is 11.3. The van der Waals surface area contributed by atoms with Gasteiger partial charge < -0.3 is 5.32 Å². The highest BCUT2D eigenvalue weighted by Crippen LogP contribution is 2.44. The molecule has 1 rings (SSSR count). The van der Waals surface area contributed by atoms with Crippen LogP contribution in [0.15, 0.2) is 0 Å². The normalized spacial score (nSPS) is 23.8. The van der Waals surface area contributed by atoms with E-state index in [4.69, 9.17) is 0 Å². The largest absolute Gasteiger partial charge is 0.317 e. The van der Waals surface area contributed by atoms with Gasteiger partial charge in [-0.15, -0.1) is 0 Å². The molecule has 0 aliphatic heterocycles. The van der Waals surface area contributed by atoms with Gasteiger partial charge in [0.1, 0.15) is 0 Å². The minimum absolute atomic E-state index is 0.489. The van der Waals surface area contributed by atoms with Crippen molar-refractivity contribution in [2.75, 3.05) is 7.05 Å². The van der Waals surface area contributed by atoms with E-state index >= 15 is 0 Å². The van der Waals surface area contributed by atoms with Crippen LogP contribution in [-0.2, 0) is 0 Å². The first-order chi connectivity index (χ1) is 7.00. The van der Waals surface area contributed by atoms with Gasteiger partial charge >= 0.3 is 0 Å². The van der Waals surface area contributed by atoms with Gasteiger partial charge in [0.2, 0.25) is 0 Å². The fourth-order valence-corrected chi connectivity index (χ4v) is 3.11. The van der Waals surface area contributed by atoms with Crippen molar-refractivity contribution in [3.63, 3.8) is 0 Å². The van der Waals surface area contributed by atoms with E-state index in [1.165, 1.54) is 32.1 Å². The first kappa shape index (κ1) is 13.0.